The second kappa shape index (κ2) is 6.79. The summed E-state index contributed by atoms with van der Waals surface area (Å²) in [6, 6.07) is 6.25. The molecule has 0 saturated carbocycles. The molecule has 0 spiro atoms. The summed E-state index contributed by atoms with van der Waals surface area (Å²) in [6.07, 6.45) is 4.84. The molecule has 2 aromatic heterocycles. The van der Waals surface area contributed by atoms with Gasteiger partial charge in [0.25, 0.3) is 11.5 Å². The van der Waals surface area contributed by atoms with Crippen molar-refractivity contribution in [2.45, 2.75) is 13.5 Å². The molecule has 0 aromatic carbocycles. The molecule has 124 valence electrons. The molecular weight excluding hydrogens is 328 g/mol. The van der Waals surface area contributed by atoms with E-state index in [9.17, 15) is 14.7 Å². The predicted molar refractivity (Wildman–Crippen MR) is 91.8 cm³/mol. The lowest BCUT2D eigenvalue weighted by molar-refractivity contribution is -0.117. The molecule has 3 heterocycles. The van der Waals surface area contributed by atoms with Gasteiger partial charge in [-0.2, -0.15) is 0 Å². The first-order valence-corrected chi connectivity index (χ1v) is 8.25. The molecular formula is C16H16N4O3S. The van der Waals surface area contributed by atoms with Gasteiger partial charge in [-0.1, -0.05) is 11.8 Å². The first kappa shape index (κ1) is 16.1. The molecule has 1 aliphatic heterocycles. The third-order valence-corrected chi connectivity index (χ3v) is 4.74. The third kappa shape index (κ3) is 3.28. The number of amides is 1. The third-order valence-electron chi connectivity index (χ3n) is 3.60. The number of aromatic nitrogens is 2. The van der Waals surface area contributed by atoms with E-state index in [4.69, 9.17) is 0 Å². The van der Waals surface area contributed by atoms with E-state index in [-0.39, 0.29) is 17.2 Å². The molecule has 0 atom stereocenters. The van der Waals surface area contributed by atoms with Gasteiger partial charge in [0.2, 0.25) is 0 Å². The fourth-order valence-electron chi connectivity index (χ4n) is 2.32. The van der Waals surface area contributed by atoms with Crippen LogP contribution in [-0.4, -0.2) is 26.6 Å². The molecule has 8 heteroatoms. The number of hydrogen-bond acceptors (Lipinski definition) is 6. The van der Waals surface area contributed by atoms with Crippen molar-refractivity contribution < 1.29 is 9.90 Å². The smallest absolute Gasteiger partial charge is 0.272 e. The van der Waals surface area contributed by atoms with Crippen molar-refractivity contribution in [3.63, 3.8) is 0 Å². The minimum Gasteiger partial charge on any atom is -0.508 e. The molecule has 7 nitrogen and oxygen atoms in total. The zero-order valence-electron chi connectivity index (χ0n) is 13.0. The van der Waals surface area contributed by atoms with Crippen LogP contribution in [0.5, 0.6) is 5.75 Å². The molecule has 3 rings (SSSR count). The molecule has 0 saturated heterocycles. The summed E-state index contributed by atoms with van der Waals surface area (Å²) in [7, 11) is 0. The van der Waals surface area contributed by atoms with Gasteiger partial charge in [-0.15, -0.1) is 0 Å². The minimum absolute atomic E-state index is 0.0833. The number of pyridine rings is 2. The normalized spacial score (nSPS) is 14.1. The van der Waals surface area contributed by atoms with Crippen molar-refractivity contribution in [1.29, 1.82) is 0 Å². The Morgan fingerprint density at radius 2 is 2.12 bits per heavy atom. The van der Waals surface area contributed by atoms with E-state index in [1.165, 1.54) is 28.7 Å². The van der Waals surface area contributed by atoms with Gasteiger partial charge in [0.1, 0.15) is 5.75 Å². The van der Waals surface area contributed by atoms with Crippen molar-refractivity contribution in [3.8, 4) is 5.75 Å². The summed E-state index contributed by atoms with van der Waals surface area (Å²) in [5.74, 6) is 0.192. The Morgan fingerprint density at radius 1 is 1.38 bits per heavy atom. The average molecular weight is 344 g/mol. The zero-order valence-corrected chi connectivity index (χ0v) is 13.8. The van der Waals surface area contributed by atoms with Gasteiger partial charge in [0.15, 0.2) is 0 Å². The first-order valence-electron chi connectivity index (χ1n) is 7.26. The van der Waals surface area contributed by atoms with Gasteiger partial charge >= 0.3 is 0 Å². The highest BCUT2D eigenvalue weighted by molar-refractivity contribution is 8.04. The number of hydrogen-bond donors (Lipinski definition) is 2. The van der Waals surface area contributed by atoms with Crippen molar-refractivity contribution in [1.82, 2.24) is 15.0 Å². The molecule has 1 aliphatic rings. The Kier molecular flexibility index (Phi) is 4.57. The van der Waals surface area contributed by atoms with Crippen LogP contribution in [0, 0.1) is 0 Å². The van der Waals surface area contributed by atoms with Gasteiger partial charge in [-0.3, -0.25) is 19.6 Å². The highest BCUT2D eigenvalue weighted by atomic mass is 32.2. The molecule has 2 N–H and O–H groups in total. The Labute approximate surface area is 142 Å². The van der Waals surface area contributed by atoms with Crippen molar-refractivity contribution >= 4 is 17.7 Å². The number of nitrogens with zero attached hydrogens (tertiary/aromatic N) is 3. The Hall–Kier alpha value is -2.74. The van der Waals surface area contributed by atoms with Crippen LogP contribution < -0.4 is 15.9 Å². The first-order chi connectivity index (χ1) is 11.6. The zero-order chi connectivity index (χ0) is 17.1. The second-order valence-corrected chi connectivity index (χ2v) is 6.15. The largest absolute Gasteiger partial charge is 0.508 e. The van der Waals surface area contributed by atoms with Gasteiger partial charge < -0.3 is 10.4 Å². The van der Waals surface area contributed by atoms with E-state index < -0.39 is 0 Å². The number of carbonyl (C=O) groups excluding carboxylic acids is 1. The van der Waals surface area contributed by atoms with Crippen LogP contribution >= 0.6 is 11.8 Å². The van der Waals surface area contributed by atoms with E-state index in [0.717, 1.165) is 11.6 Å². The Balaban J connectivity index is 1.75. The highest BCUT2D eigenvalue weighted by Crippen LogP contribution is 2.30. The molecule has 0 aliphatic carbocycles. The monoisotopic (exact) mass is 344 g/mol. The number of nitrogens with one attached hydrogen (secondary N) is 1. The lowest BCUT2D eigenvalue weighted by Crippen LogP contribution is -2.38. The molecule has 1 amide bonds. The topological polar surface area (TPSA) is 87.5 Å². The van der Waals surface area contributed by atoms with Gasteiger partial charge in [0.05, 0.1) is 16.5 Å². The van der Waals surface area contributed by atoms with Gasteiger partial charge in [-0.25, -0.2) is 4.68 Å². The van der Waals surface area contributed by atoms with Gasteiger partial charge in [0, 0.05) is 31.2 Å². The second-order valence-electron chi connectivity index (χ2n) is 5.19. The number of thioether (sulfide) groups is 1. The predicted octanol–water partition coefficient (Wildman–Crippen LogP) is 1.14. The fourth-order valence-corrected chi connectivity index (χ4v) is 3.41. The summed E-state index contributed by atoms with van der Waals surface area (Å²) in [4.78, 5) is 28.9. The van der Waals surface area contributed by atoms with Crippen molar-refractivity contribution in [2.24, 2.45) is 0 Å². The molecule has 0 radical (unpaired) electrons. The lowest BCUT2D eigenvalue weighted by Gasteiger charge is -2.21. The molecule has 0 fully saturated rings. The van der Waals surface area contributed by atoms with Crippen LogP contribution in [0.4, 0.5) is 0 Å². The average Bonchev–Trinajstić information content (AvgIpc) is 2.95. The fraction of sp³-hybridized carbons (Fsp3) is 0.188. The maximum absolute atomic E-state index is 12.4. The summed E-state index contributed by atoms with van der Waals surface area (Å²) < 4.78 is 1.38. The maximum atomic E-state index is 12.4. The van der Waals surface area contributed by atoms with Crippen LogP contribution in [0.3, 0.4) is 0 Å². The van der Waals surface area contributed by atoms with E-state index in [0.29, 0.717) is 23.0 Å². The number of rotatable bonds is 4. The molecule has 2 aromatic rings. The SMILES string of the molecule is CC1=C(C(=O)NCc2ccncc2)SCN1n1ccc(O)cc1=O. The van der Waals surface area contributed by atoms with Crippen LogP contribution in [0.2, 0.25) is 0 Å². The number of aromatic hydroxyl groups is 1. The molecule has 24 heavy (non-hydrogen) atoms. The van der Waals surface area contributed by atoms with E-state index in [2.05, 4.69) is 10.3 Å². The van der Waals surface area contributed by atoms with E-state index in [1.807, 2.05) is 12.1 Å². The van der Waals surface area contributed by atoms with Crippen molar-refractivity contribution in [2.75, 3.05) is 10.9 Å². The van der Waals surface area contributed by atoms with Crippen LogP contribution in [0.25, 0.3) is 0 Å². The molecule has 0 unspecified atom stereocenters. The summed E-state index contributed by atoms with van der Waals surface area (Å²) in [5, 5.41) is 13.9. The summed E-state index contributed by atoms with van der Waals surface area (Å²) >= 11 is 1.37. The Morgan fingerprint density at radius 3 is 2.83 bits per heavy atom. The van der Waals surface area contributed by atoms with E-state index >= 15 is 0 Å². The van der Waals surface area contributed by atoms with Crippen LogP contribution in [-0.2, 0) is 11.3 Å². The highest BCUT2D eigenvalue weighted by Gasteiger charge is 2.26. The Bertz CT molecular complexity index is 848. The standard InChI is InChI=1S/C16H16N4O3S/c1-11-15(16(23)18-9-12-2-5-17-6-3-12)24-10-20(11)19-7-4-13(21)8-14(19)22/h2-8,21H,9-10H2,1H3,(H,18,23). The molecule has 0 bridgehead atoms. The van der Waals surface area contributed by atoms with Crippen molar-refractivity contribution in [3.05, 3.63) is 69.4 Å². The lowest BCUT2D eigenvalue weighted by atomic mass is 10.2. The van der Waals surface area contributed by atoms with Crippen LogP contribution in [0.1, 0.15) is 12.5 Å². The minimum atomic E-state index is -0.353. The summed E-state index contributed by atoms with van der Waals surface area (Å²) in [5.41, 5.74) is 1.31. The number of allylic oxidation sites excluding steroid dienone is 1. The number of carbonyl (C=O) groups is 1. The quantitative estimate of drug-likeness (QED) is 0.865. The van der Waals surface area contributed by atoms with E-state index in [1.54, 1.807) is 24.3 Å². The maximum Gasteiger partial charge on any atom is 0.272 e. The van der Waals surface area contributed by atoms with Crippen LogP contribution in [0.15, 0.2) is 58.3 Å². The van der Waals surface area contributed by atoms with Gasteiger partial charge in [-0.05, 0) is 30.7 Å². The summed E-state index contributed by atoms with van der Waals surface area (Å²) in [6.45, 7) is 2.21.